The number of nitrogens with zero attached hydrogens (tertiary/aromatic N) is 1. The molecule has 0 aliphatic rings. The summed E-state index contributed by atoms with van der Waals surface area (Å²) >= 11 is 0. The van der Waals surface area contributed by atoms with Gasteiger partial charge in [-0.15, -0.1) is 0 Å². The summed E-state index contributed by atoms with van der Waals surface area (Å²) in [6.07, 6.45) is 0. The van der Waals surface area contributed by atoms with Crippen molar-refractivity contribution in [1.82, 2.24) is 4.90 Å². The Morgan fingerprint density at radius 3 is 2.04 bits per heavy atom. The van der Waals surface area contributed by atoms with Gasteiger partial charge in [0.05, 0.1) is 13.2 Å². The second kappa shape index (κ2) is 9.08. The largest absolute Gasteiger partial charge is 0.494 e. The lowest BCUT2D eigenvalue weighted by molar-refractivity contribution is -0.117. The Balaban J connectivity index is 1.90. The van der Waals surface area contributed by atoms with Gasteiger partial charge in [0, 0.05) is 11.7 Å². The van der Waals surface area contributed by atoms with Gasteiger partial charge >= 0.3 is 0 Å². The topological polar surface area (TPSA) is 50.8 Å². The minimum atomic E-state index is -0.0311. The Kier molecular flexibility index (Phi) is 6.83. The SMILES string of the molecule is CCOc1ccc(Oc2ccc(NC(=O)CN(C)C(C)C)cc2)cc1. The molecular weight excluding hydrogens is 316 g/mol. The highest BCUT2D eigenvalue weighted by Crippen LogP contribution is 2.25. The zero-order valence-corrected chi connectivity index (χ0v) is 15.3. The molecule has 0 fully saturated rings. The van der Waals surface area contributed by atoms with Crippen molar-refractivity contribution in [3.63, 3.8) is 0 Å². The van der Waals surface area contributed by atoms with E-state index in [1.54, 1.807) is 0 Å². The average molecular weight is 342 g/mol. The van der Waals surface area contributed by atoms with Crippen LogP contribution < -0.4 is 14.8 Å². The maximum atomic E-state index is 12.0. The van der Waals surface area contributed by atoms with Gasteiger partial charge in [-0.2, -0.15) is 0 Å². The van der Waals surface area contributed by atoms with Crippen molar-refractivity contribution in [3.8, 4) is 17.2 Å². The van der Waals surface area contributed by atoms with Gasteiger partial charge in [0.2, 0.25) is 5.91 Å². The maximum absolute atomic E-state index is 12.0. The fraction of sp³-hybridized carbons (Fsp3) is 0.350. The van der Waals surface area contributed by atoms with Gasteiger partial charge in [-0.25, -0.2) is 0 Å². The van der Waals surface area contributed by atoms with Gasteiger partial charge in [0.1, 0.15) is 17.2 Å². The van der Waals surface area contributed by atoms with Crippen LogP contribution >= 0.6 is 0 Å². The third-order valence-corrected chi connectivity index (χ3v) is 3.78. The fourth-order valence-electron chi connectivity index (χ4n) is 2.12. The number of amides is 1. The number of nitrogens with one attached hydrogen (secondary N) is 1. The van der Waals surface area contributed by atoms with Crippen molar-refractivity contribution in [2.75, 3.05) is 25.5 Å². The number of ether oxygens (including phenoxy) is 2. The molecule has 5 heteroatoms. The van der Waals surface area contributed by atoms with E-state index in [0.717, 1.165) is 17.2 Å². The van der Waals surface area contributed by atoms with E-state index in [-0.39, 0.29) is 5.91 Å². The third kappa shape index (κ3) is 6.12. The molecule has 0 aliphatic carbocycles. The van der Waals surface area contributed by atoms with Crippen LogP contribution in [0.5, 0.6) is 17.2 Å². The van der Waals surface area contributed by atoms with Crippen molar-refractivity contribution in [2.24, 2.45) is 0 Å². The third-order valence-electron chi connectivity index (χ3n) is 3.78. The second-order valence-corrected chi connectivity index (χ2v) is 6.09. The molecular formula is C20H26N2O3. The molecule has 0 heterocycles. The van der Waals surface area contributed by atoms with Crippen LogP contribution in [0.2, 0.25) is 0 Å². The first-order valence-corrected chi connectivity index (χ1v) is 8.48. The van der Waals surface area contributed by atoms with Crippen LogP contribution in [0, 0.1) is 0 Å². The summed E-state index contributed by atoms with van der Waals surface area (Å²) in [5, 5.41) is 2.89. The molecule has 25 heavy (non-hydrogen) atoms. The van der Waals surface area contributed by atoms with Crippen LogP contribution in [0.1, 0.15) is 20.8 Å². The number of carbonyl (C=O) groups excluding carboxylic acids is 1. The van der Waals surface area contributed by atoms with Crippen molar-refractivity contribution >= 4 is 11.6 Å². The van der Waals surface area contributed by atoms with Crippen LogP contribution in [0.3, 0.4) is 0 Å². The van der Waals surface area contributed by atoms with Gasteiger partial charge in [-0.05, 0) is 76.3 Å². The Morgan fingerprint density at radius 1 is 1.00 bits per heavy atom. The molecule has 1 N–H and O–H groups in total. The first-order chi connectivity index (χ1) is 12.0. The molecule has 0 saturated carbocycles. The fourth-order valence-corrected chi connectivity index (χ4v) is 2.12. The molecule has 0 aromatic heterocycles. The first-order valence-electron chi connectivity index (χ1n) is 8.48. The lowest BCUT2D eigenvalue weighted by Crippen LogP contribution is -2.34. The van der Waals surface area contributed by atoms with E-state index in [4.69, 9.17) is 9.47 Å². The van der Waals surface area contributed by atoms with Crippen LogP contribution in [-0.4, -0.2) is 37.0 Å². The van der Waals surface area contributed by atoms with Crippen molar-refractivity contribution in [3.05, 3.63) is 48.5 Å². The van der Waals surface area contributed by atoms with Crippen LogP contribution in [-0.2, 0) is 4.79 Å². The summed E-state index contributed by atoms with van der Waals surface area (Å²) in [4.78, 5) is 14.0. The number of hydrogen-bond acceptors (Lipinski definition) is 4. The standard InChI is InChI=1S/C20H26N2O3/c1-5-24-17-10-12-19(13-11-17)25-18-8-6-16(7-9-18)21-20(23)14-22(4)15(2)3/h6-13,15H,5,14H2,1-4H3,(H,21,23). The number of benzene rings is 2. The predicted molar refractivity (Wildman–Crippen MR) is 101 cm³/mol. The van der Waals surface area contributed by atoms with E-state index in [2.05, 4.69) is 19.2 Å². The van der Waals surface area contributed by atoms with E-state index >= 15 is 0 Å². The number of hydrogen-bond donors (Lipinski definition) is 1. The Morgan fingerprint density at radius 2 is 1.52 bits per heavy atom. The average Bonchev–Trinajstić information content (AvgIpc) is 2.58. The molecule has 2 aromatic rings. The lowest BCUT2D eigenvalue weighted by atomic mass is 10.3. The Bertz CT molecular complexity index is 666. The van der Waals surface area contributed by atoms with Crippen LogP contribution in [0.4, 0.5) is 5.69 Å². The number of carbonyl (C=O) groups is 1. The number of rotatable bonds is 8. The molecule has 2 aromatic carbocycles. The minimum Gasteiger partial charge on any atom is -0.494 e. The lowest BCUT2D eigenvalue weighted by Gasteiger charge is -2.20. The van der Waals surface area contributed by atoms with Gasteiger partial charge in [0.25, 0.3) is 0 Å². The molecule has 1 amide bonds. The zero-order valence-electron chi connectivity index (χ0n) is 15.3. The van der Waals surface area contributed by atoms with E-state index in [1.807, 2.05) is 67.4 Å². The normalized spacial score (nSPS) is 10.8. The van der Waals surface area contributed by atoms with Gasteiger partial charge in [0.15, 0.2) is 0 Å². The zero-order chi connectivity index (χ0) is 18.2. The highest BCUT2D eigenvalue weighted by atomic mass is 16.5. The number of anilines is 1. The molecule has 0 spiro atoms. The molecule has 0 radical (unpaired) electrons. The summed E-state index contributed by atoms with van der Waals surface area (Å²) in [5.41, 5.74) is 0.751. The molecule has 0 saturated heterocycles. The van der Waals surface area contributed by atoms with Crippen molar-refractivity contribution < 1.29 is 14.3 Å². The van der Waals surface area contributed by atoms with Crippen molar-refractivity contribution in [2.45, 2.75) is 26.8 Å². The van der Waals surface area contributed by atoms with Gasteiger partial charge < -0.3 is 14.8 Å². The molecule has 0 unspecified atom stereocenters. The van der Waals surface area contributed by atoms with E-state index < -0.39 is 0 Å². The summed E-state index contributed by atoms with van der Waals surface area (Å²) in [7, 11) is 1.93. The molecule has 0 aliphatic heterocycles. The molecule has 0 atom stereocenters. The second-order valence-electron chi connectivity index (χ2n) is 6.09. The highest BCUT2D eigenvalue weighted by Gasteiger charge is 2.09. The molecule has 2 rings (SSSR count). The molecule has 0 bridgehead atoms. The summed E-state index contributed by atoms with van der Waals surface area (Å²) in [6, 6.07) is 15.1. The molecule has 5 nitrogen and oxygen atoms in total. The van der Waals surface area contributed by atoms with Crippen LogP contribution in [0.15, 0.2) is 48.5 Å². The number of likely N-dealkylation sites (N-methyl/N-ethyl adjacent to an activating group) is 1. The summed E-state index contributed by atoms with van der Waals surface area (Å²) < 4.78 is 11.2. The van der Waals surface area contributed by atoms with E-state index in [0.29, 0.717) is 24.9 Å². The molecule has 134 valence electrons. The van der Waals surface area contributed by atoms with Crippen molar-refractivity contribution in [1.29, 1.82) is 0 Å². The van der Waals surface area contributed by atoms with E-state index in [9.17, 15) is 4.79 Å². The summed E-state index contributed by atoms with van der Waals surface area (Å²) in [6.45, 7) is 7.06. The first kappa shape index (κ1) is 18.8. The maximum Gasteiger partial charge on any atom is 0.238 e. The summed E-state index contributed by atoms with van der Waals surface area (Å²) in [5.74, 6) is 2.23. The van der Waals surface area contributed by atoms with Gasteiger partial charge in [-0.1, -0.05) is 0 Å². The quantitative estimate of drug-likeness (QED) is 0.783. The monoisotopic (exact) mass is 342 g/mol. The smallest absolute Gasteiger partial charge is 0.238 e. The van der Waals surface area contributed by atoms with Crippen LogP contribution in [0.25, 0.3) is 0 Å². The predicted octanol–water partition coefficient (Wildman–Crippen LogP) is 4.16. The van der Waals surface area contributed by atoms with E-state index in [1.165, 1.54) is 0 Å². The Labute approximate surface area is 149 Å². The highest BCUT2D eigenvalue weighted by molar-refractivity contribution is 5.92. The Hall–Kier alpha value is -2.53. The minimum absolute atomic E-state index is 0.0311. The van der Waals surface area contributed by atoms with Gasteiger partial charge in [-0.3, -0.25) is 9.69 Å².